The van der Waals surface area contributed by atoms with Crippen LogP contribution in [0.25, 0.3) is 11.5 Å². The van der Waals surface area contributed by atoms with E-state index >= 15 is 0 Å². The van der Waals surface area contributed by atoms with Gasteiger partial charge in [0.2, 0.25) is 5.89 Å². The molecule has 1 aromatic carbocycles. The molecule has 0 saturated carbocycles. The molecule has 3 aromatic rings. The monoisotopic (exact) mass is 260 g/mol. The van der Waals surface area contributed by atoms with Crippen LogP contribution in [-0.4, -0.2) is 10.2 Å². The van der Waals surface area contributed by atoms with E-state index in [-0.39, 0.29) is 0 Å². The van der Waals surface area contributed by atoms with Gasteiger partial charge in [-0.15, -0.1) is 21.8 Å². The van der Waals surface area contributed by atoms with Gasteiger partial charge in [0, 0.05) is 0 Å². The van der Waals surface area contributed by atoms with E-state index in [0.29, 0.717) is 11.8 Å². The van der Waals surface area contributed by atoms with Crippen LogP contribution in [0.1, 0.15) is 16.8 Å². The molecular formula is C13H9ClN2O2. The van der Waals surface area contributed by atoms with E-state index in [1.54, 1.807) is 18.6 Å². The van der Waals surface area contributed by atoms with Crippen molar-refractivity contribution in [2.45, 2.75) is 5.38 Å². The van der Waals surface area contributed by atoms with Crippen LogP contribution in [-0.2, 0) is 0 Å². The van der Waals surface area contributed by atoms with E-state index in [1.165, 1.54) is 0 Å². The number of halogens is 1. The second-order valence-corrected chi connectivity index (χ2v) is 4.17. The van der Waals surface area contributed by atoms with Crippen LogP contribution in [0.2, 0.25) is 0 Å². The molecule has 2 aromatic heterocycles. The van der Waals surface area contributed by atoms with Crippen LogP contribution in [0.5, 0.6) is 0 Å². The molecule has 18 heavy (non-hydrogen) atoms. The normalized spacial score (nSPS) is 12.5. The molecule has 0 saturated heterocycles. The van der Waals surface area contributed by atoms with Gasteiger partial charge in [0.25, 0.3) is 5.89 Å². The minimum atomic E-state index is -0.445. The fourth-order valence-electron chi connectivity index (χ4n) is 1.60. The molecule has 0 aliphatic heterocycles. The summed E-state index contributed by atoms with van der Waals surface area (Å²) in [5.74, 6) is 0.777. The van der Waals surface area contributed by atoms with E-state index in [4.69, 9.17) is 20.4 Å². The molecule has 4 nitrogen and oxygen atoms in total. The molecular weight excluding hydrogens is 252 g/mol. The van der Waals surface area contributed by atoms with E-state index < -0.39 is 5.38 Å². The van der Waals surface area contributed by atoms with Gasteiger partial charge in [-0.05, 0) is 11.6 Å². The zero-order valence-electron chi connectivity index (χ0n) is 9.29. The van der Waals surface area contributed by atoms with E-state index in [2.05, 4.69) is 10.2 Å². The third-order valence-electron chi connectivity index (χ3n) is 2.52. The molecule has 5 heteroatoms. The van der Waals surface area contributed by atoms with Crippen molar-refractivity contribution in [1.29, 1.82) is 0 Å². The molecule has 0 fully saturated rings. The van der Waals surface area contributed by atoms with E-state index in [9.17, 15) is 0 Å². The molecule has 0 radical (unpaired) electrons. The predicted molar refractivity (Wildman–Crippen MR) is 66.1 cm³/mol. The fourth-order valence-corrected chi connectivity index (χ4v) is 1.84. The Kier molecular flexibility index (Phi) is 2.86. The van der Waals surface area contributed by atoms with Gasteiger partial charge in [0.1, 0.15) is 11.6 Å². The van der Waals surface area contributed by atoms with Crippen molar-refractivity contribution in [3.63, 3.8) is 0 Å². The first-order valence-electron chi connectivity index (χ1n) is 5.39. The average Bonchev–Trinajstić information content (AvgIpc) is 3.09. The molecule has 0 aliphatic rings. The first kappa shape index (κ1) is 11.0. The summed E-state index contributed by atoms with van der Waals surface area (Å²) in [4.78, 5) is 0. The maximum absolute atomic E-state index is 6.29. The maximum atomic E-state index is 6.29. The summed E-state index contributed by atoms with van der Waals surface area (Å²) in [5.41, 5.74) is 1.66. The molecule has 1 unspecified atom stereocenters. The minimum absolute atomic E-state index is 0.374. The molecule has 0 amide bonds. The van der Waals surface area contributed by atoms with E-state index in [0.717, 1.165) is 11.1 Å². The highest BCUT2D eigenvalue weighted by atomic mass is 35.5. The Balaban J connectivity index is 1.90. The smallest absolute Gasteiger partial charge is 0.251 e. The lowest BCUT2D eigenvalue weighted by molar-refractivity contribution is 0.511. The lowest BCUT2D eigenvalue weighted by atomic mass is 10.1. The van der Waals surface area contributed by atoms with Crippen LogP contribution < -0.4 is 0 Å². The second kappa shape index (κ2) is 4.66. The molecule has 0 N–H and O–H groups in total. The molecule has 2 heterocycles. The third-order valence-corrected chi connectivity index (χ3v) is 2.96. The first-order chi connectivity index (χ1) is 8.84. The van der Waals surface area contributed by atoms with Crippen molar-refractivity contribution >= 4 is 11.6 Å². The Morgan fingerprint density at radius 1 is 1.06 bits per heavy atom. The van der Waals surface area contributed by atoms with Crippen LogP contribution in [0.15, 0.2) is 57.8 Å². The number of furan rings is 1. The highest BCUT2D eigenvalue weighted by Gasteiger charge is 2.18. The minimum Gasteiger partial charge on any atom is -0.472 e. The van der Waals surface area contributed by atoms with Crippen molar-refractivity contribution in [2.24, 2.45) is 0 Å². The van der Waals surface area contributed by atoms with Gasteiger partial charge in [-0.2, -0.15) is 0 Å². The van der Waals surface area contributed by atoms with Crippen LogP contribution in [0, 0.1) is 0 Å². The van der Waals surface area contributed by atoms with Crippen molar-refractivity contribution in [3.05, 3.63) is 60.4 Å². The number of hydrogen-bond acceptors (Lipinski definition) is 4. The summed E-state index contributed by atoms with van der Waals surface area (Å²) < 4.78 is 10.5. The quantitative estimate of drug-likeness (QED) is 0.675. The van der Waals surface area contributed by atoms with Crippen LogP contribution in [0.4, 0.5) is 0 Å². The Morgan fingerprint density at radius 3 is 2.61 bits per heavy atom. The van der Waals surface area contributed by atoms with Crippen molar-refractivity contribution in [1.82, 2.24) is 10.2 Å². The lowest BCUT2D eigenvalue weighted by Crippen LogP contribution is -1.92. The Bertz CT molecular complexity index is 620. The van der Waals surface area contributed by atoms with Gasteiger partial charge in [0.05, 0.1) is 11.8 Å². The van der Waals surface area contributed by atoms with E-state index in [1.807, 2.05) is 30.3 Å². The van der Waals surface area contributed by atoms with Crippen molar-refractivity contribution < 1.29 is 8.83 Å². The molecule has 0 bridgehead atoms. The van der Waals surface area contributed by atoms with Gasteiger partial charge >= 0.3 is 0 Å². The Labute approximate surface area is 108 Å². The standard InChI is InChI=1S/C13H9ClN2O2/c14-11(9-4-2-1-3-5-9)13-16-15-12(18-13)10-6-7-17-8-10/h1-8,11H. The molecule has 0 aliphatic carbocycles. The summed E-state index contributed by atoms with van der Waals surface area (Å²) in [7, 11) is 0. The van der Waals surface area contributed by atoms with Gasteiger partial charge < -0.3 is 8.83 Å². The summed E-state index contributed by atoms with van der Waals surface area (Å²) >= 11 is 6.29. The number of nitrogens with zero attached hydrogens (tertiary/aromatic N) is 2. The number of hydrogen-bond donors (Lipinski definition) is 0. The highest BCUT2D eigenvalue weighted by molar-refractivity contribution is 6.22. The molecule has 0 spiro atoms. The largest absolute Gasteiger partial charge is 0.472 e. The molecule has 1 atom stereocenters. The van der Waals surface area contributed by atoms with Gasteiger partial charge in [-0.1, -0.05) is 30.3 Å². The summed E-state index contributed by atoms with van der Waals surface area (Å²) in [6, 6.07) is 11.3. The fraction of sp³-hybridized carbons (Fsp3) is 0.0769. The van der Waals surface area contributed by atoms with Crippen molar-refractivity contribution in [3.8, 4) is 11.5 Å². The van der Waals surface area contributed by atoms with Gasteiger partial charge in [-0.25, -0.2) is 0 Å². The third kappa shape index (κ3) is 2.02. The van der Waals surface area contributed by atoms with Crippen molar-refractivity contribution in [2.75, 3.05) is 0 Å². The second-order valence-electron chi connectivity index (χ2n) is 3.73. The number of alkyl halides is 1. The van der Waals surface area contributed by atoms with Gasteiger partial charge in [-0.3, -0.25) is 0 Å². The molecule has 90 valence electrons. The zero-order valence-corrected chi connectivity index (χ0v) is 10.0. The SMILES string of the molecule is ClC(c1ccccc1)c1nnc(-c2ccoc2)o1. The van der Waals surface area contributed by atoms with Crippen LogP contribution >= 0.6 is 11.6 Å². The highest BCUT2D eigenvalue weighted by Crippen LogP contribution is 2.29. The zero-order chi connectivity index (χ0) is 12.4. The van der Waals surface area contributed by atoms with Crippen LogP contribution in [0.3, 0.4) is 0 Å². The average molecular weight is 261 g/mol. The summed E-state index contributed by atoms with van der Waals surface area (Å²) in [6.07, 6.45) is 3.09. The predicted octanol–water partition coefficient (Wildman–Crippen LogP) is 3.66. The molecule has 3 rings (SSSR count). The topological polar surface area (TPSA) is 52.1 Å². The van der Waals surface area contributed by atoms with Gasteiger partial charge in [0.15, 0.2) is 0 Å². The summed E-state index contributed by atoms with van der Waals surface area (Å²) in [6.45, 7) is 0. The summed E-state index contributed by atoms with van der Waals surface area (Å²) in [5, 5.41) is 7.46. The number of rotatable bonds is 3. The number of benzene rings is 1. The first-order valence-corrected chi connectivity index (χ1v) is 5.83. The lowest BCUT2D eigenvalue weighted by Gasteiger charge is -2.03. The Hall–Kier alpha value is -2.07. The Morgan fingerprint density at radius 2 is 1.89 bits per heavy atom. The maximum Gasteiger partial charge on any atom is 0.251 e. The number of aromatic nitrogens is 2.